The molecule has 0 aromatic carbocycles. The van der Waals surface area contributed by atoms with Crippen molar-refractivity contribution < 1.29 is 0 Å². The third kappa shape index (κ3) is 3.38. The maximum atomic E-state index is 8.72. The molecule has 0 radical (unpaired) electrons. The summed E-state index contributed by atoms with van der Waals surface area (Å²) in [6.07, 6.45) is 2.88. The molecule has 1 saturated heterocycles. The molecule has 0 saturated carbocycles. The molecular weight excluding hydrogens is 230 g/mol. The molecule has 15 heavy (non-hydrogen) atoms. The van der Waals surface area contributed by atoms with Gasteiger partial charge in [0.15, 0.2) is 0 Å². The average Bonchev–Trinajstić information content (AvgIpc) is 2.71. The highest BCUT2D eigenvalue weighted by molar-refractivity contribution is 7.99. The lowest BCUT2D eigenvalue weighted by atomic mass is 10.3. The number of nitrogens with one attached hydrogen (secondary N) is 1. The van der Waals surface area contributed by atoms with E-state index in [0.717, 1.165) is 18.1 Å². The summed E-state index contributed by atoms with van der Waals surface area (Å²) in [6, 6.07) is 5.71. The van der Waals surface area contributed by atoms with E-state index < -0.39 is 0 Å². The lowest BCUT2D eigenvalue weighted by Crippen LogP contribution is -2.10. The molecule has 0 amide bonds. The third-order valence-electron chi connectivity index (χ3n) is 2.17. The summed E-state index contributed by atoms with van der Waals surface area (Å²) < 4.78 is 0. The smallest absolute Gasteiger partial charge is 0.0993 e. The summed E-state index contributed by atoms with van der Waals surface area (Å²) in [5.41, 5.74) is 0.688. The van der Waals surface area contributed by atoms with Gasteiger partial charge in [0.2, 0.25) is 0 Å². The molecule has 5 heteroatoms. The number of nitriles is 1. The zero-order valence-electron chi connectivity index (χ0n) is 8.14. The SMILES string of the molecule is Cl.N#Cc1ccnc(S[C@@H]2CCNC2)c1. The van der Waals surface area contributed by atoms with Gasteiger partial charge in [0.1, 0.15) is 0 Å². The summed E-state index contributed by atoms with van der Waals surface area (Å²) in [7, 11) is 0. The van der Waals surface area contributed by atoms with Crippen molar-refractivity contribution in [1.82, 2.24) is 10.3 Å². The van der Waals surface area contributed by atoms with Crippen LogP contribution in [0.15, 0.2) is 23.4 Å². The van der Waals surface area contributed by atoms with Gasteiger partial charge in [-0.2, -0.15) is 5.26 Å². The molecule has 1 fully saturated rings. The maximum absolute atomic E-state index is 8.72. The van der Waals surface area contributed by atoms with Gasteiger partial charge in [0, 0.05) is 18.0 Å². The first-order valence-electron chi connectivity index (χ1n) is 4.62. The zero-order chi connectivity index (χ0) is 9.80. The Bertz CT molecular complexity index is 358. The Morgan fingerprint density at radius 1 is 1.60 bits per heavy atom. The summed E-state index contributed by atoms with van der Waals surface area (Å²) in [4.78, 5) is 4.23. The molecule has 1 aromatic heterocycles. The predicted octanol–water partition coefficient (Wildman–Crippen LogP) is 1.83. The van der Waals surface area contributed by atoms with Crippen LogP contribution in [-0.2, 0) is 0 Å². The highest BCUT2D eigenvalue weighted by Crippen LogP contribution is 2.25. The van der Waals surface area contributed by atoms with Gasteiger partial charge in [-0.25, -0.2) is 4.98 Å². The number of nitrogens with zero attached hydrogens (tertiary/aromatic N) is 2. The minimum atomic E-state index is 0. The molecule has 0 bridgehead atoms. The Balaban J connectivity index is 0.00000112. The van der Waals surface area contributed by atoms with Crippen molar-refractivity contribution in [3.63, 3.8) is 0 Å². The van der Waals surface area contributed by atoms with Crippen LogP contribution in [-0.4, -0.2) is 23.3 Å². The maximum Gasteiger partial charge on any atom is 0.0993 e. The van der Waals surface area contributed by atoms with E-state index in [9.17, 15) is 0 Å². The van der Waals surface area contributed by atoms with E-state index in [-0.39, 0.29) is 12.4 Å². The van der Waals surface area contributed by atoms with Gasteiger partial charge < -0.3 is 5.32 Å². The minimum Gasteiger partial charge on any atom is -0.316 e. The van der Waals surface area contributed by atoms with Crippen LogP contribution >= 0.6 is 24.2 Å². The number of aromatic nitrogens is 1. The second-order valence-electron chi connectivity index (χ2n) is 3.23. The normalized spacial score (nSPS) is 19.3. The molecule has 0 unspecified atom stereocenters. The van der Waals surface area contributed by atoms with Crippen molar-refractivity contribution in [3.8, 4) is 6.07 Å². The topological polar surface area (TPSA) is 48.7 Å². The van der Waals surface area contributed by atoms with E-state index >= 15 is 0 Å². The first kappa shape index (κ1) is 12.3. The van der Waals surface area contributed by atoms with E-state index in [0.29, 0.717) is 10.8 Å². The van der Waals surface area contributed by atoms with Crippen LogP contribution in [0.25, 0.3) is 0 Å². The molecule has 0 spiro atoms. The van der Waals surface area contributed by atoms with E-state index in [1.54, 1.807) is 24.0 Å². The van der Waals surface area contributed by atoms with Crippen LogP contribution in [0.3, 0.4) is 0 Å². The van der Waals surface area contributed by atoms with Gasteiger partial charge in [-0.15, -0.1) is 24.2 Å². The largest absolute Gasteiger partial charge is 0.316 e. The van der Waals surface area contributed by atoms with Crippen molar-refractivity contribution in [3.05, 3.63) is 23.9 Å². The van der Waals surface area contributed by atoms with Gasteiger partial charge in [0.05, 0.1) is 16.7 Å². The van der Waals surface area contributed by atoms with Gasteiger partial charge >= 0.3 is 0 Å². The highest BCUT2D eigenvalue weighted by Gasteiger charge is 2.16. The number of thioether (sulfide) groups is 1. The van der Waals surface area contributed by atoms with Crippen LogP contribution < -0.4 is 5.32 Å². The summed E-state index contributed by atoms with van der Waals surface area (Å²) in [5, 5.41) is 13.6. The second kappa shape index (κ2) is 5.96. The quantitative estimate of drug-likeness (QED) is 0.858. The van der Waals surface area contributed by atoms with Gasteiger partial charge in [-0.1, -0.05) is 0 Å². The number of hydrogen-bond donors (Lipinski definition) is 1. The molecule has 0 aliphatic carbocycles. The Kier molecular flexibility index (Phi) is 4.89. The first-order valence-corrected chi connectivity index (χ1v) is 5.50. The lowest BCUT2D eigenvalue weighted by Gasteiger charge is -2.06. The summed E-state index contributed by atoms with van der Waals surface area (Å²) >= 11 is 1.76. The Hall–Kier alpha value is -0.760. The standard InChI is InChI=1S/C10H11N3S.ClH/c11-6-8-1-4-13-10(5-8)14-9-2-3-12-7-9;/h1,4-5,9,12H,2-3,7H2;1H/t9-;/m1./s1. The molecule has 1 aromatic rings. The van der Waals surface area contributed by atoms with E-state index in [2.05, 4.69) is 16.4 Å². The van der Waals surface area contributed by atoms with Crippen LogP contribution in [0.1, 0.15) is 12.0 Å². The molecule has 1 aliphatic heterocycles. The van der Waals surface area contributed by atoms with Crippen molar-refractivity contribution >= 4 is 24.2 Å². The molecule has 1 aliphatic rings. The lowest BCUT2D eigenvalue weighted by molar-refractivity contribution is 0.858. The fourth-order valence-electron chi connectivity index (χ4n) is 1.44. The predicted molar refractivity (Wildman–Crippen MR) is 63.3 cm³/mol. The monoisotopic (exact) mass is 241 g/mol. The van der Waals surface area contributed by atoms with Crippen LogP contribution in [0.5, 0.6) is 0 Å². The minimum absolute atomic E-state index is 0. The van der Waals surface area contributed by atoms with Crippen LogP contribution in [0.4, 0.5) is 0 Å². The van der Waals surface area contributed by atoms with Gasteiger partial charge in [-0.3, -0.25) is 0 Å². The van der Waals surface area contributed by atoms with Crippen molar-refractivity contribution in [2.24, 2.45) is 0 Å². The van der Waals surface area contributed by atoms with E-state index in [1.807, 2.05) is 6.07 Å². The highest BCUT2D eigenvalue weighted by atomic mass is 35.5. The molecular formula is C10H12ClN3S. The van der Waals surface area contributed by atoms with Crippen LogP contribution in [0.2, 0.25) is 0 Å². The molecule has 80 valence electrons. The number of hydrogen-bond acceptors (Lipinski definition) is 4. The molecule has 2 rings (SSSR count). The number of halogens is 1. The van der Waals surface area contributed by atoms with Crippen molar-refractivity contribution in [2.75, 3.05) is 13.1 Å². The summed E-state index contributed by atoms with van der Waals surface area (Å²) in [6.45, 7) is 2.14. The molecule has 1 atom stereocenters. The van der Waals surface area contributed by atoms with E-state index in [1.165, 1.54) is 6.42 Å². The first-order chi connectivity index (χ1) is 6.88. The zero-order valence-corrected chi connectivity index (χ0v) is 9.77. The Morgan fingerprint density at radius 3 is 3.13 bits per heavy atom. The van der Waals surface area contributed by atoms with Gasteiger partial charge in [0.25, 0.3) is 0 Å². The number of pyridine rings is 1. The fourth-order valence-corrected chi connectivity index (χ4v) is 2.54. The number of rotatable bonds is 2. The van der Waals surface area contributed by atoms with Crippen molar-refractivity contribution in [1.29, 1.82) is 5.26 Å². The Morgan fingerprint density at radius 2 is 2.47 bits per heavy atom. The second-order valence-corrected chi connectivity index (χ2v) is 4.55. The molecule has 2 heterocycles. The van der Waals surface area contributed by atoms with E-state index in [4.69, 9.17) is 5.26 Å². The van der Waals surface area contributed by atoms with Crippen LogP contribution in [0, 0.1) is 11.3 Å². The summed E-state index contributed by atoms with van der Waals surface area (Å²) in [5.74, 6) is 0. The van der Waals surface area contributed by atoms with Crippen molar-refractivity contribution in [2.45, 2.75) is 16.7 Å². The molecule has 1 N–H and O–H groups in total. The fraction of sp³-hybridized carbons (Fsp3) is 0.400. The third-order valence-corrected chi connectivity index (χ3v) is 3.37. The average molecular weight is 242 g/mol. The molecule has 3 nitrogen and oxygen atoms in total. The van der Waals surface area contributed by atoms with Gasteiger partial charge in [-0.05, 0) is 25.1 Å². The Labute approximate surface area is 99.7 Å².